The number of aromatic nitrogens is 1. The van der Waals surface area contributed by atoms with Crippen LogP contribution in [-0.4, -0.2) is 10.5 Å². The van der Waals surface area contributed by atoms with Gasteiger partial charge in [-0.2, -0.15) is 0 Å². The van der Waals surface area contributed by atoms with E-state index in [2.05, 4.69) is 196 Å². The lowest BCUT2D eigenvalue weighted by Crippen LogP contribution is -2.54. The summed E-state index contributed by atoms with van der Waals surface area (Å²) in [6.07, 6.45) is 0.684. The quantitative estimate of drug-likeness (QED) is 0.119. The molecule has 12 aromatic rings. The van der Waals surface area contributed by atoms with E-state index in [1.807, 2.05) is 41.7 Å². The lowest BCUT2D eigenvalue weighted by Gasteiger charge is -2.39. The van der Waals surface area contributed by atoms with Gasteiger partial charge in [0.1, 0.15) is 17.8 Å². The van der Waals surface area contributed by atoms with E-state index >= 15 is 0 Å². The normalized spacial score (nSPS) is 16.3. The standard InChI is InChI=1S/C61H46N4O3S/c66-55(67-37-38-15-4-1-5-16-38)34-30-39-21-12-28-52-56(39)48-22-10-11-27-51(48)65(52)43-31-32-45-46-24-13-23-44(57(46)68-53(45)36-43)42-29-33-54-50(35-42)47-25-14-26-49(58(47)69-54)61-63-59(40-17-6-2-7-18-40)62-60(64-61)41-19-8-3-9-20-41/h1-29,31-33,35-36,59-64H,30,34,37H2. The first-order valence-electron chi connectivity index (χ1n) is 23.6. The highest BCUT2D eigenvalue weighted by Gasteiger charge is 2.31. The van der Waals surface area contributed by atoms with E-state index in [1.165, 1.54) is 36.9 Å². The van der Waals surface area contributed by atoms with Gasteiger partial charge in [0, 0.05) is 71.0 Å². The third-order valence-corrected chi connectivity index (χ3v) is 15.0. The number of hydrogen-bond donors (Lipinski definition) is 3. The van der Waals surface area contributed by atoms with Crippen molar-refractivity contribution in [1.29, 1.82) is 0 Å². The first-order chi connectivity index (χ1) is 34.1. The minimum atomic E-state index is -0.204. The maximum Gasteiger partial charge on any atom is 0.306 e. The zero-order chi connectivity index (χ0) is 45.8. The zero-order valence-corrected chi connectivity index (χ0v) is 38.4. The molecule has 9 aromatic carbocycles. The summed E-state index contributed by atoms with van der Waals surface area (Å²) in [5.41, 5.74) is 12.8. The van der Waals surface area contributed by atoms with Crippen LogP contribution in [-0.2, 0) is 22.6 Å². The Balaban J connectivity index is 0.841. The number of para-hydroxylation sites is 2. The number of ether oxygens (including phenoxy) is 1. The first-order valence-corrected chi connectivity index (χ1v) is 24.4. The van der Waals surface area contributed by atoms with Crippen molar-refractivity contribution in [3.05, 3.63) is 234 Å². The van der Waals surface area contributed by atoms with Gasteiger partial charge < -0.3 is 13.7 Å². The Morgan fingerprint density at radius 1 is 0.565 bits per heavy atom. The Morgan fingerprint density at radius 3 is 2.03 bits per heavy atom. The van der Waals surface area contributed by atoms with Gasteiger partial charge in [0.15, 0.2) is 0 Å². The molecule has 13 rings (SSSR count). The van der Waals surface area contributed by atoms with Crippen molar-refractivity contribution in [1.82, 2.24) is 20.5 Å². The van der Waals surface area contributed by atoms with E-state index < -0.39 is 0 Å². The van der Waals surface area contributed by atoms with Crippen LogP contribution >= 0.6 is 11.3 Å². The second-order valence-corrected chi connectivity index (χ2v) is 19.0. The highest BCUT2D eigenvalue weighted by atomic mass is 32.1. The summed E-state index contributed by atoms with van der Waals surface area (Å²) in [7, 11) is 0. The Labute approximate surface area is 402 Å². The molecule has 334 valence electrons. The van der Waals surface area contributed by atoms with Gasteiger partial charge in [0.05, 0.1) is 29.5 Å². The predicted molar refractivity (Wildman–Crippen MR) is 281 cm³/mol. The Morgan fingerprint density at radius 2 is 1.23 bits per heavy atom. The molecule has 2 atom stereocenters. The molecule has 1 saturated heterocycles. The number of carbonyl (C=O) groups excluding carboxylic acids is 1. The average molecular weight is 915 g/mol. The van der Waals surface area contributed by atoms with E-state index in [0.717, 1.165) is 71.7 Å². The van der Waals surface area contributed by atoms with Crippen molar-refractivity contribution in [3.63, 3.8) is 0 Å². The van der Waals surface area contributed by atoms with Crippen LogP contribution in [0.3, 0.4) is 0 Å². The largest absolute Gasteiger partial charge is 0.461 e. The van der Waals surface area contributed by atoms with Crippen molar-refractivity contribution in [2.45, 2.75) is 37.9 Å². The van der Waals surface area contributed by atoms with E-state index in [0.29, 0.717) is 12.8 Å². The number of rotatable bonds is 10. The fourth-order valence-electron chi connectivity index (χ4n) is 10.5. The zero-order valence-electron chi connectivity index (χ0n) is 37.6. The summed E-state index contributed by atoms with van der Waals surface area (Å²) in [5.74, 6) is -0.204. The van der Waals surface area contributed by atoms with Gasteiger partial charge in [0.2, 0.25) is 0 Å². The molecule has 69 heavy (non-hydrogen) atoms. The van der Waals surface area contributed by atoms with Gasteiger partial charge in [-0.25, -0.2) is 0 Å². The van der Waals surface area contributed by atoms with E-state index in [4.69, 9.17) is 9.15 Å². The highest BCUT2D eigenvalue weighted by molar-refractivity contribution is 7.26. The number of esters is 1. The van der Waals surface area contributed by atoms with Crippen molar-refractivity contribution in [2.24, 2.45) is 0 Å². The molecule has 0 aliphatic carbocycles. The molecule has 1 aliphatic heterocycles. The monoisotopic (exact) mass is 914 g/mol. The highest BCUT2D eigenvalue weighted by Crippen LogP contribution is 2.44. The molecule has 1 aliphatic rings. The molecule has 3 N–H and O–H groups in total. The van der Waals surface area contributed by atoms with Crippen LogP contribution in [0.4, 0.5) is 0 Å². The molecule has 0 spiro atoms. The molecule has 8 heteroatoms. The molecule has 3 aromatic heterocycles. The van der Waals surface area contributed by atoms with Crippen LogP contribution in [0.1, 0.15) is 52.7 Å². The molecule has 0 saturated carbocycles. The fourth-order valence-corrected chi connectivity index (χ4v) is 11.7. The predicted octanol–water partition coefficient (Wildman–Crippen LogP) is 14.6. The van der Waals surface area contributed by atoms with E-state index in [9.17, 15) is 4.79 Å². The summed E-state index contributed by atoms with van der Waals surface area (Å²) in [5, 5.41) is 18.5. The lowest BCUT2D eigenvalue weighted by molar-refractivity contribution is -0.144. The van der Waals surface area contributed by atoms with Gasteiger partial charge in [-0.15, -0.1) is 11.3 Å². The van der Waals surface area contributed by atoms with Crippen LogP contribution < -0.4 is 16.0 Å². The summed E-state index contributed by atoms with van der Waals surface area (Å²) in [4.78, 5) is 12.9. The Kier molecular flexibility index (Phi) is 10.4. The molecule has 4 heterocycles. The number of thiophene rings is 1. The third-order valence-electron chi connectivity index (χ3n) is 13.8. The summed E-state index contributed by atoms with van der Waals surface area (Å²) in [6.45, 7) is 0.276. The van der Waals surface area contributed by atoms with E-state index in [1.54, 1.807) is 0 Å². The van der Waals surface area contributed by atoms with Crippen molar-refractivity contribution in [2.75, 3.05) is 0 Å². The number of aryl methyl sites for hydroxylation is 1. The van der Waals surface area contributed by atoms with Gasteiger partial charge in [-0.3, -0.25) is 20.7 Å². The van der Waals surface area contributed by atoms with Gasteiger partial charge in [0.25, 0.3) is 0 Å². The van der Waals surface area contributed by atoms with Gasteiger partial charge in [-0.05, 0) is 70.6 Å². The van der Waals surface area contributed by atoms with Gasteiger partial charge in [-0.1, -0.05) is 164 Å². The van der Waals surface area contributed by atoms with Crippen LogP contribution in [0.2, 0.25) is 0 Å². The maximum absolute atomic E-state index is 12.9. The molecular weight excluding hydrogens is 869 g/mol. The molecule has 0 radical (unpaired) electrons. The fraction of sp³-hybridized carbons (Fsp3) is 0.0984. The molecule has 0 amide bonds. The van der Waals surface area contributed by atoms with Crippen molar-refractivity contribution < 1.29 is 13.9 Å². The number of hydrogen-bond acceptors (Lipinski definition) is 7. The first kappa shape index (κ1) is 41.3. The average Bonchev–Trinajstić information content (AvgIpc) is 4.10. The topological polar surface area (TPSA) is 80.5 Å². The number of nitrogens with one attached hydrogen (secondary N) is 3. The minimum absolute atomic E-state index is 0.0475. The van der Waals surface area contributed by atoms with Crippen LogP contribution in [0, 0.1) is 0 Å². The Bertz CT molecular complexity index is 3830. The smallest absolute Gasteiger partial charge is 0.306 e. The number of furan rings is 1. The van der Waals surface area contributed by atoms with Crippen LogP contribution in [0.5, 0.6) is 0 Å². The number of carbonyl (C=O) groups is 1. The SMILES string of the molecule is O=C(CCc1cccc2c1c1ccccc1n2-c1ccc2c(c1)oc1c(-c3ccc4sc5c(C6NC(c7ccccc7)NC(c7ccccc7)N6)cccc5c4c3)cccc12)OCc1ccccc1. The second kappa shape index (κ2) is 17.3. The van der Waals surface area contributed by atoms with Crippen molar-refractivity contribution >= 4 is 81.2 Å². The number of fused-ring (bicyclic) bond motifs is 9. The maximum atomic E-state index is 12.9. The summed E-state index contributed by atoms with van der Waals surface area (Å²) < 4.78 is 17.4. The van der Waals surface area contributed by atoms with Crippen LogP contribution in [0.15, 0.2) is 211 Å². The number of nitrogens with zero attached hydrogens (tertiary/aromatic N) is 1. The summed E-state index contributed by atoms with van der Waals surface area (Å²) in [6, 6.07) is 72.6. The lowest BCUT2D eigenvalue weighted by atomic mass is 9.99. The molecule has 1 fully saturated rings. The van der Waals surface area contributed by atoms with Gasteiger partial charge >= 0.3 is 5.97 Å². The number of benzene rings is 9. The Hall–Kier alpha value is -7.85. The van der Waals surface area contributed by atoms with Crippen molar-refractivity contribution in [3.8, 4) is 16.8 Å². The molecule has 2 unspecified atom stereocenters. The third kappa shape index (κ3) is 7.46. The minimum Gasteiger partial charge on any atom is -0.461 e. The van der Waals surface area contributed by atoms with Crippen LogP contribution in [0.25, 0.3) is 80.7 Å². The molecular formula is C61H46N4O3S. The molecule has 7 nitrogen and oxygen atoms in total. The van der Waals surface area contributed by atoms with E-state index in [-0.39, 0.29) is 31.1 Å². The molecule has 0 bridgehead atoms. The second-order valence-electron chi connectivity index (χ2n) is 17.9. The summed E-state index contributed by atoms with van der Waals surface area (Å²) >= 11 is 1.85.